The third kappa shape index (κ3) is 2.43. The van der Waals surface area contributed by atoms with Crippen molar-refractivity contribution in [2.24, 2.45) is 45.8 Å². The molecule has 0 aromatic carbocycles. The van der Waals surface area contributed by atoms with E-state index in [-0.39, 0.29) is 17.6 Å². The van der Waals surface area contributed by atoms with Crippen molar-refractivity contribution < 1.29 is 10.2 Å². The summed E-state index contributed by atoms with van der Waals surface area (Å²) in [6, 6.07) is 0. The van der Waals surface area contributed by atoms with Crippen LogP contribution in [0.1, 0.15) is 92.4 Å². The van der Waals surface area contributed by atoms with Gasteiger partial charge in [-0.05, 0) is 97.2 Å². The van der Waals surface area contributed by atoms with Crippen LogP contribution < -0.4 is 0 Å². The molecule has 4 fully saturated rings. The minimum absolute atomic E-state index is 0.105. The molecule has 150 valence electrons. The molecule has 4 rings (SSSR count). The Bertz CT molecular complexity index is 546. The van der Waals surface area contributed by atoms with Crippen LogP contribution >= 0.6 is 0 Å². The molecule has 2 N–H and O–H groups in total. The summed E-state index contributed by atoms with van der Waals surface area (Å²) in [7, 11) is 0. The van der Waals surface area contributed by atoms with Crippen LogP contribution in [0, 0.1) is 45.8 Å². The summed E-state index contributed by atoms with van der Waals surface area (Å²) in [5, 5.41) is 21.7. The van der Waals surface area contributed by atoms with E-state index >= 15 is 0 Å². The second kappa shape index (κ2) is 6.21. The average Bonchev–Trinajstić information content (AvgIpc) is 2.93. The summed E-state index contributed by atoms with van der Waals surface area (Å²) in [6.07, 6.45) is 10.2. The molecule has 0 aliphatic heterocycles. The van der Waals surface area contributed by atoms with Crippen molar-refractivity contribution in [1.29, 1.82) is 0 Å². The van der Waals surface area contributed by atoms with Crippen molar-refractivity contribution in [3.63, 3.8) is 0 Å². The van der Waals surface area contributed by atoms with E-state index in [9.17, 15) is 10.2 Å². The standard InChI is InChI=1S/C24H42O2/c1-6-15(2)17-7-8-18-21-19(10-11-23(17,18)4)24(5)12-9-16(25)13-22(24,3)14-20(21)26/h15-21,25-26H,6-14H2,1-5H3/t15-,16?,17?,18?,19?,20?,21?,22?,23?,24?/m1/s1. The van der Waals surface area contributed by atoms with Crippen molar-refractivity contribution in [2.45, 2.75) is 105 Å². The van der Waals surface area contributed by atoms with Gasteiger partial charge in [0, 0.05) is 0 Å². The molecule has 9 unspecified atom stereocenters. The summed E-state index contributed by atoms with van der Waals surface area (Å²) in [5.41, 5.74) is 0.843. The number of aliphatic hydroxyl groups is 2. The van der Waals surface area contributed by atoms with Crippen molar-refractivity contribution in [3.8, 4) is 0 Å². The molecule has 0 saturated heterocycles. The minimum atomic E-state index is -0.163. The van der Waals surface area contributed by atoms with E-state index < -0.39 is 0 Å². The largest absolute Gasteiger partial charge is 0.393 e. The molecule has 0 amide bonds. The quantitative estimate of drug-likeness (QED) is 0.689. The molecule has 2 heteroatoms. The van der Waals surface area contributed by atoms with E-state index in [2.05, 4.69) is 34.6 Å². The number of hydrogen-bond acceptors (Lipinski definition) is 2. The van der Waals surface area contributed by atoms with Gasteiger partial charge in [0.2, 0.25) is 0 Å². The van der Waals surface area contributed by atoms with Crippen LogP contribution in [0.4, 0.5) is 0 Å². The molecule has 0 spiro atoms. The summed E-state index contributed by atoms with van der Waals surface area (Å²) < 4.78 is 0. The average molecular weight is 363 g/mol. The third-order valence-electron chi connectivity index (χ3n) is 10.7. The number of aliphatic hydroxyl groups excluding tert-OH is 2. The van der Waals surface area contributed by atoms with E-state index in [1.807, 2.05) is 0 Å². The van der Waals surface area contributed by atoms with Crippen molar-refractivity contribution in [2.75, 3.05) is 0 Å². The first-order valence-electron chi connectivity index (χ1n) is 11.5. The van der Waals surface area contributed by atoms with E-state index in [1.165, 1.54) is 32.1 Å². The Kier molecular flexibility index (Phi) is 4.60. The first kappa shape index (κ1) is 19.2. The Morgan fingerprint density at radius 3 is 2.35 bits per heavy atom. The van der Waals surface area contributed by atoms with Crippen molar-refractivity contribution >= 4 is 0 Å². The zero-order chi connectivity index (χ0) is 18.9. The molecule has 10 atom stereocenters. The van der Waals surface area contributed by atoms with Crippen LogP contribution in [0.5, 0.6) is 0 Å². The second-order valence-electron chi connectivity index (χ2n) is 11.6. The van der Waals surface area contributed by atoms with Gasteiger partial charge in [-0.25, -0.2) is 0 Å². The van der Waals surface area contributed by atoms with Crippen LogP contribution in [0.2, 0.25) is 0 Å². The lowest BCUT2D eigenvalue weighted by Crippen LogP contribution is -2.62. The number of rotatable bonds is 2. The van der Waals surface area contributed by atoms with Crippen LogP contribution in [0.25, 0.3) is 0 Å². The molecular formula is C24H42O2. The highest BCUT2D eigenvalue weighted by Crippen LogP contribution is 2.71. The molecule has 26 heavy (non-hydrogen) atoms. The van der Waals surface area contributed by atoms with Gasteiger partial charge in [-0.1, -0.05) is 41.0 Å². The van der Waals surface area contributed by atoms with Gasteiger partial charge in [0.1, 0.15) is 0 Å². The summed E-state index contributed by atoms with van der Waals surface area (Å²) in [4.78, 5) is 0. The fourth-order valence-electron chi connectivity index (χ4n) is 8.91. The smallest absolute Gasteiger partial charge is 0.0579 e. The lowest BCUT2D eigenvalue weighted by molar-refractivity contribution is -0.210. The predicted molar refractivity (Wildman–Crippen MR) is 107 cm³/mol. The van der Waals surface area contributed by atoms with Crippen LogP contribution in [0.15, 0.2) is 0 Å². The molecule has 4 aliphatic carbocycles. The van der Waals surface area contributed by atoms with Gasteiger partial charge >= 0.3 is 0 Å². The van der Waals surface area contributed by atoms with E-state index in [0.717, 1.165) is 37.5 Å². The first-order valence-corrected chi connectivity index (χ1v) is 11.5. The van der Waals surface area contributed by atoms with Crippen molar-refractivity contribution in [3.05, 3.63) is 0 Å². The molecule has 4 aliphatic rings. The van der Waals surface area contributed by atoms with Gasteiger partial charge in [-0.3, -0.25) is 0 Å². The molecule has 0 radical (unpaired) electrons. The molecule has 0 aromatic heterocycles. The molecular weight excluding hydrogens is 320 g/mol. The second-order valence-corrected chi connectivity index (χ2v) is 11.6. The fourth-order valence-corrected chi connectivity index (χ4v) is 8.91. The molecule has 0 aromatic rings. The van der Waals surface area contributed by atoms with Crippen LogP contribution in [-0.2, 0) is 0 Å². The van der Waals surface area contributed by atoms with E-state index in [0.29, 0.717) is 28.6 Å². The summed E-state index contributed by atoms with van der Waals surface area (Å²) in [5.74, 6) is 3.52. The third-order valence-corrected chi connectivity index (χ3v) is 10.7. The van der Waals surface area contributed by atoms with Gasteiger partial charge in [-0.15, -0.1) is 0 Å². The maximum Gasteiger partial charge on any atom is 0.0579 e. The number of hydrogen-bond donors (Lipinski definition) is 2. The van der Waals surface area contributed by atoms with E-state index in [1.54, 1.807) is 0 Å². The van der Waals surface area contributed by atoms with Crippen LogP contribution in [-0.4, -0.2) is 22.4 Å². The summed E-state index contributed by atoms with van der Waals surface area (Å²) in [6.45, 7) is 12.3. The Morgan fingerprint density at radius 2 is 1.65 bits per heavy atom. The maximum absolute atomic E-state index is 11.4. The minimum Gasteiger partial charge on any atom is -0.393 e. The normalized spacial score (nSPS) is 57.8. The molecule has 2 nitrogen and oxygen atoms in total. The Morgan fingerprint density at radius 1 is 0.923 bits per heavy atom. The lowest BCUT2D eigenvalue weighted by Gasteiger charge is -2.66. The zero-order valence-corrected chi connectivity index (χ0v) is 17.8. The Balaban J connectivity index is 1.67. The fraction of sp³-hybridized carbons (Fsp3) is 1.00. The van der Waals surface area contributed by atoms with Gasteiger partial charge in [0.05, 0.1) is 12.2 Å². The van der Waals surface area contributed by atoms with E-state index in [4.69, 9.17) is 0 Å². The SMILES string of the molecule is CC[C@@H](C)C1CCC2C3C(O)CC4(C)CC(O)CCC4(C)C3CCC21C. The topological polar surface area (TPSA) is 40.5 Å². The van der Waals surface area contributed by atoms with Gasteiger partial charge < -0.3 is 10.2 Å². The summed E-state index contributed by atoms with van der Waals surface area (Å²) >= 11 is 0. The lowest BCUT2D eigenvalue weighted by atomic mass is 9.39. The first-order chi connectivity index (χ1) is 12.2. The Labute approximate surface area is 161 Å². The van der Waals surface area contributed by atoms with Gasteiger partial charge in [0.15, 0.2) is 0 Å². The zero-order valence-electron chi connectivity index (χ0n) is 17.8. The predicted octanol–water partition coefficient (Wildman–Crippen LogP) is 5.41. The highest BCUT2D eigenvalue weighted by Gasteiger charge is 2.65. The van der Waals surface area contributed by atoms with Crippen molar-refractivity contribution in [1.82, 2.24) is 0 Å². The maximum atomic E-state index is 11.4. The number of fused-ring (bicyclic) bond motifs is 5. The molecule has 4 saturated carbocycles. The molecule has 0 heterocycles. The van der Waals surface area contributed by atoms with Gasteiger partial charge in [0.25, 0.3) is 0 Å². The van der Waals surface area contributed by atoms with Crippen LogP contribution in [0.3, 0.4) is 0 Å². The Hall–Kier alpha value is -0.0800. The highest BCUT2D eigenvalue weighted by molar-refractivity contribution is 5.14. The van der Waals surface area contributed by atoms with Gasteiger partial charge in [-0.2, -0.15) is 0 Å². The monoisotopic (exact) mass is 362 g/mol. The molecule has 0 bridgehead atoms. The highest BCUT2D eigenvalue weighted by atomic mass is 16.3.